The topological polar surface area (TPSA) is 70.4 Å². The molecule has 1 unspecified atom stereocenters. The van der Waals surface area contributed by atoms with Gasteiger partial charge in [0.2, 0.25) is 5.91 Å². The molecule has 0 saturated carbocycles. The zero-order valence-corrected chi connectivity index (χ0v) is 13.3. The maximum absolute atomic E-state index is 11.8. The lowest BCUT2D eigenvalue weighted by Gasteiger charge is -2.18. The first-order valence-electron chi connectivity index (χ1n) is 7.97. The van der Waals surface area contributed by atoms with Gasteiger partial charge in [0.05, 0.1) is 25.0 Å². The Bertz CT molecular complexity index is 665. The third kappa shape index (κ3) is 3.53. The molecule has 2 N–H and O–H groups in total. The number of carbonyl (C=O) groups excluding carboxylic acids is 1. The first-order valence-corrected chi connectivity index (χ1v) is 7.97. The van der Waals surface area contributed by atoms with Gasteiger partial charge in [0.1, 0.15) is 0 Å². The van der Waals surface area contributed by atoms with Gasteiger partial charge < -0.3 is 15.3 Å². The molecular weight excluding hydrogens is 292 g/mol. The summed E-state index contributed by atoms with van der Waals surface area (Å²) in [5.74, 6) is 0.209. The Morgan fingerprint density at radius 2 is 2.13 bits per heavy atom. The monoisotopic (exact) mass is 314 g/mol. The molecule has 1 aliphatic rings. The number of carbonyl (C=O) groups is 1. The molecule has 1 fully saturated rings. The van der Waals surface area contributed by atoms with Crippen molar-refractivity contribution in [1.82, 2.24) is 9.78 Å². The fourth-order valence-corrected chi connectivity index (χ4v) is 2.86. The Balaban J connectivity index is 1.65. The van der Waals surface area contributed by atoms with Crippen molar-refractivity contribution in [2.45, 2.75) is 32.4 Å². The molecule has 1 atom stereocenters. The van der Waals surface area contributed by atoms with Crippen molar-refractivity contribution >= 4 is 17.3 Å². The lowest BCUT2D eigenvalue weighted by molar-refractivity contribution is -0.117. The van der Waals surface area contributed by atoms with Crippen molar-refractivity contribution in [3.63, 3.8) is 0 Å². The van der Waals surface area contributed by atoms with Crippen molar-refractivity contribution in [1.29, 1.82) is 0 Å². The predicted molar refractivity (Wildman–Crippen MR) is 89.4 cm³/mol. The molecule has 1 saturated heterocycles. The number of rotatable bonds is 6. The summed E-state index contributed by atoms with van der Waals surface area (Å²) < 4.78 is 1.71. The third-order valence-corrected chi connectivity index (χ3v) is 4.12. The van der Waals surface area contributed by atoms with Crippen LogP contribution in [0.15, 0.2) is 36.7 Å². The number of nitrogens with one attached hydrogen (secondary N) is 1. The summed E-state index contributed by atoms with van der Waals surface area (Å²) in [5.41, 5.74) is 3.04. The Labute approximate surface area is 135 Å². The van der Waals surface area contributed by atoms with E-state index in [0.717, 1.165) is 29.9 Å². The van der Waals surface area contributed by atoms with Gasteiger partial charge in [-0.2, -0.15) is 5.10 Å². The Morgan fingerprint density at radius 3 is 2.78 bits per heavy atom. The van der Waals surface area contributed by atoms with Crippen molar-refractivity contribution in [2.24, 2.45) is 0 Å². The van der Waals surface area contributed by atoms with Crippen molar-refractivity contribution in [3.8, 4) is 0 Å². The van der Waals surface area contributed by atoms with Gasteiger partial charge in [-0.25, -0.2) is 0 Å². The van der Waals surface area contributed by atoms with Gasteiger partial charge in [-0.1, -0.05) is 12.1 Å². The van der Waals surface area contributed by atoms with Crippen LogP contribution in [0.5, 0.6) is 0 Å². The van der Waals surface area contributed by atoms with Crippen molar-refractivity contribution < 1.29 is 9.90 Å². The Hall–Kier alpha value is -2.34. The minimum atomic E-state index is 0.0767. The van der Waals surface area contributed by atoms with Crippen LogP contribution in [0.25, 0.3) is 0 Å². The summed E-state index contributed by atoms with van der Waals surface area (Å²) in [6.07, 6.45) is 5.22. The molecule has 1 amide bonds. The van der Waals surface area contributed by atoms with Gasteiger partial charge in [-0.05, 0) is 31.0 Å². The van der Waals surface area contributed by atoms with Gasteiger partial charge in [-0.3, -0.25) is 9.48 Å². The minimum Gasteiger partial charge on any atom is -0.394 e. The highest BCUT2D eigenvalue weighted by Crippen LogP contribution is 2.25. The zero-order chi connectivity index (χ0) is 16.2. The highest BCUT2D eigenvalue weighted by Gasteiger charge is 2.21. The number of nitrogens with zero attached hydrogens (tertiary/aromatic N) is 3. The van der Waals surface area contributed by atoms with Crippen LogP contribution in [0, 0.1) is 0 Å². The van der Waals surface area contributed by atoms with Crippen molar-refractivity contribution in [2.75, 3.05) is 23.4 Å². The molecule has 1 aliphatic heterocycles. The predicted octanol–water partition coefficient (Wildman–Crippen LogP) is 2.18. The van der Waals surface area contributed by atoms with E-state index in [-0.39, 0.29) is 18.6 Å². The maximum Gasteiger partial charge on any atom is 0.227 e. The summed E-state index contributed by atoms with van der Waals surface area (Å²) in [6.45, 7) is 3.47. The average molecular weight is 314 g/mol. The second-order valence-corrected chi connectivity index (χ2v) is 5.82. The summed E-state index contributed by atoms with van der Waals surface area (Å²) in [5, 5.41) is 16.5. The van der Waals surface area contributed by atoms with E-state index in [1.54, 1.807) is 10.9 Å². The number of amides is 1. The number of hydrogen-bond donors (Lipinski definition) is 2. The summed E-state index contributed by atoms with van der Waals surface area (Å²) >= 11 is 0. The van der Waals surface area contributed by atoms with Crippen LogP contribution in [-0.2, 0) is 11.3 Å². The van der Waals surface area contributed by atoms with E-state index in [2.05, 4.69) is 29.5 Å². The Kier molecular flexibility index (Phi) is 4.62. The highest BCUT2D eigenvalue weighted by molar-refractivity contribution is 5.95. The molecule has 1 aromatic carbocycles. The number of aliphatic hydroxyl groups is 1. The maximum atomic E-state index is 11.8. The molecule has 0 radical (unpaired) electrons. The molecule has 23 heavy (non-hydrogen) atoms. The van der Waals surface area contributed by atoms with E-state index in [4.69, 9.17) is 5.11 Å². The van der Waals surface area contributed by atoms with Crippen LogP contribution < -0.4 is 10.2 Å². The fraction of sp³-hybridized carbons (Fsp3) is 0.412. The second-order valence-electron chi connectivity index (χ2n) is 5.82. The second kappa shape index (κ2) is 6.83. The van der Waals surface area contributed by atoms with Gasteiger partial charge in [-0.15, -0.1) is 0 Å². The largest absolute Gasteiger partial charge is 0.394 e. The van der Waals surface area contributed by atoms with Crippen LogP contribution in [0.3, 0.4) is 0 Å². The average Bonchev–Trinajstić information content (AvgIpc) is 3.17. The summed E-state index contributed by atoms with van der Waals surface area (Å²) in [4.78, 5) is 13.6. The first kappa shape index (κ1) is 15.6. The van der Waals surface area contributed by atoms with Crippen LogP contribution in [0.4, 0.5) is 11.4 Å². The highest BCUT2D eigenvalue weighted by atomic mass is 16.3. The van der Waals surface area contributed by atoms with E-state index >= 15 is 0 Å². The van der Waals surface area contributed by atoms with E-state index in [1.165, 1.54) is 0 Å². The number of aliphatic hydroxyl groups excluding tert-OH is 1. The molecule has 3 rings (SSSR count). The van der Waals surface area contributed by atoms with E-state index < -0.39 is 0 Å². The molecule has 1 aromatic heterocycles. The molecule has 2 heterocycles. The smallest absolute Gasteiger partial charge is 0.227 e. The lowest BCUT2D eigenvalue weighted by Crippen LogP contribution is -2.23. The molecule has 6 heteroatoms. The molecule has 0 bridgehead atoms. The fourth-order valence-electron chi connectivity index (χ4n) is 2.86. The minimum absolute atomic E-state index is 0.0767. The quantitative estimate of drug-likeness (QED) is 0.857. The van der Waals surface area contributed by atoms with Gasteiger partial charge >= 0.3 is 0 Å². The molecule has 122 valence electrons. The molecule has 0 aliphatic carbocycles. The normalized spacial score (nSPS) is 15.9. The summed E-state index contributed by atoms with van der Waals surface area (Å²) in [6, 6.07) is 8.25. The number of benzene rings is 1. The van der Waals surface area contributed by atoms with E-state index in [9.17, 15) is 4.79 Å². The molecular formula is C17H22N4O2. The van der Waals surface area contributed by atoms with Crippen LogP contribution in [0.2, 0.25) is 0 Å². The number of hydrogen-bond acceptors (Lipinski definition) is 4. The molecule has 6 nitrogen and oxygen atoms in total. The van der Waals surface area contributed by atoms with Crippen LogP contribution >= 0.6 is 0 Å². The van der Waals surface area contributed by atoms with Gasteiger partial charge in [0.15, 0.2) is 0 Å². The molecule has 0 spiro atoms. The summed E-state index contributed by atoms with van der Waals surface area (Å²) in [7, 11) is 0. The number of aromatic nitrogens is 2. The SMILES string of the molecule is CC(Nc1cnn(CCO)c1)c1ccc(N2CCCC2=O)cc1. The van der Waals surface area contributed by atoms with Crippen LogP contribution in [0.1, 0.15) is 31.4 Å². The van der Waals surface area contributed by atoms with E-state index in [0.29, 0.717) is 13.0 Å². The molecule has 2 aromatic rings. The first-order chi connectivity index (χ1) is 11.2. The third-order valence-electron chi connectivity index (χ3n) is 4.12. The number of anilines is 2. The van der Waals surface area contributed by atoms with Crippen LogP contribution in [-0.4, -0.2) is 33.9 Å². The Morgan fingerprint density at radius 1 is 1.35 bits per heavy atom. The zero-order valence-electron chi connectivity index (χ0n) is 13.3. The standard InChI is InChI=1S/C17H22N4O2/c1-13(19-15-11-18-20(12-15)9-10-22)14-4-6-16(7-5-14)21-8-2-3-17(21)23/h4-7,11-13,19,22H,2-3,8-10H2,1H3. The van der Waals surface area contributed by atoms with Crippen molar-refractivity contribution in [3.05, 3.63) is 42.2 Å². The lowest BCUT2D eigenvalue weighted by atomic mass is 10.1. The van der Waals surface area contributed by atoms with Gasteiger partial charge in [0.25, 0.3) is 0 Å². The van der Waals surface area contributed by atoms with E-state index in [1.807, 2.05) is 23.2 Å². The van der Waals surface area contributed by atoms with Gasteiger partial charge in [0, 0.05) is 30.9 Å².